The summed E-state index contributed by atoms with van der Waals surface area (Å²) in [6.45, 7) is 1.73. The van der Waals surface area contributed by atoms with Crippen LogP contribution in [-0.4, -0.2) is 16.7 Å². The van der Waals surface area contributed by atoms with Crippen LogP contribution in [0.5, 0.6) is 0 Å². The molecule has 0 aliphatic heterocycles. The summed E-state index contributed by atoms with van der Waals surface area (Å²) in [5.74, 6) is -0.445. The molecule has 2 aromatic rings. The van der Waals surface area contributed by atoms with Crippen molar-refractivity contribution in [2.75, 3.05) is 6.61 Å². The van der Waals surface area contributed by atoms with E-state index >= 15 is 0 Å². The molecule has 0 N–H and O–H groups in total. The normalized spacial score (nSPS) is 10.6. The van der Waals surface area contributed by atoms with Crippen LogP contribution in [0, 0.1) is 22.9 Å². The van der Waals surface area contributed by atoms with Crippen molar-refractivity contribution in [3.63, 3.8) is 0 Å². The Labute approximate surface area is 123 Å². The molecule has 0 atom stereocenters. The predicted octanol–water partition coefficient (Wildman–Crippen LogP) is 3.66. The third-order valence-corrected chi connectivity index (χ3v) is 4.07. The van der Waals surface area contributed by atoms with E-state index < -0.39 is 10.9 Å². The Bertz CT molecular complexity index is 648. The topological polar surface area (TPSA) is 65.3 Å². The first kappa shape index (κ1) is 14.7. The fraction of sp³-hybridized carbons (Fsp3) is 0.250. The van der Waals surface area contributed by atoms with Crippen molar-refractivity contribution in [1.82, 2.24) is 4.98 Å². The molecule has 5 nitrogen and oxygen atoms in total. The highest BCUT2D eigenvalue weighted by atomic mass is 35.5. The second-order valence-corrected chi connectivity index (χ2v) is 5.48. The number of benzene rings is 1. The van der Waals surface area contributed by atoms with E-state index in [9.17, 15) is 14.5 Å². The van der Waals surface area contributed by atoms with Crippen molar-refractivity contribution in [2.24, 2.45) is 0 Å². The monoisotopic (exact) mass is 316 g/mol. The third kappa shape index (κ3) is 3.43. The van der Waals surface area contributed by atoms with Gasteiger partial charge in [-0.25, -0.2) is 9.37 Å². The summed E-state index contributed by atoms with van der Waals surface area (Å²) in [7, 11) is 0. The largest absolute Gasteiger partial charge is 0.314 e. The molecule has 0 saturated heterocycles. The molecular formula is C12H10ClFN2O3S. The van der Waals surface area contributed by atoms with Gasteiger partial charge in [0.15, 0.2) is 0 Å². The van der Waals surface area contributed by atoms with Gasteiger partial charge in [0.05, 0.1) is 5.69 Å². The number of nitrogens with zero attached hydrogens (tertiary/aromatic N) is 2. The van der Waals surface area contributed by atoms with Crippen LogP contribution in [0.4, 0.5) is 4.39 Å². The minimum absolute atomic E-state index is 0.0431. The zero-order chi connectivity index (χ0) is 14.7. The maximum absolute atomic E-state index is 13.8. The molecule has 0 unspecified atom stereocenters. The molecular weight excluding hydrogens is 307 g/mol. The highest BCUT2D eigenvalue weighted by molar-refractivity contribution is 7.15. The molecule has 1 heterocycles. The van der Waals surface area contributed by atoms with Gasteiger partial charge in [0.25, 0.3) is 5.09 Å². The summed E-state index contributed by atoms with van der Waals surface area (Å²) >= 11 is 6.99. The average Bonchev–Trinajstić information content (AvgIpc) is 2.70. The summed E-state index contributed by atoms with van der Waals surface area (Å²) in [6.07, 6.45) is 0.361. The van der Waals surface area contributed by atoms with Gasteiger partial charge >= 0.3 is 0 Å². The van der Waals surface area contributed by atoms with Crippen LogP contribution in [0.15, 0.2) is 18.2 Å². The molecule has 0 saturated carbocycles. The molecule has 2 rings (SSSR count). The van der Waals surface area contributed by atoms with E-state index in [4.69, 9.17) is 11.6 Å². The van der Waals surface area contributed by atoms with E-state index in [-0.39, 0.29) is 6.61 Å². The lowest BCUT2D eigenvalue weighted by Gasteiger charge is -1.99. The van der Waals surface area contributed by atoms with Crippen LogP contribution in [-0.2, 0) is 11.3 Å². The van der Waals surface area contributed by atoms with Gasteiger partial charge in [-0.2, -0.15) is 0 Å². The lowest BCUT2D eigenvalue weighted by molar-refractivity contribution is -0.757. The van der Waals surface area contributed by atoms with Crippen molar-refractivity contribution >= 4 is 22.9 Å². The van der Waals surface area contributed by atoms with Gasteiger partial charge < -0.3 is 4.84 Å². The zero-order valence-corrected chi connectivity index (χ0v) is 12.0. The Morgan fingerprint density at radius 1 is 1.55 bits per heavy atom. The van der Waals surface area contributed by atoms with E-state index in [0.29, 0.717) is 27.7 Å². The Morgan fingerprint density at radius 3 is 2.95 bits per heavy atom. The standard InChI is InChI=1S/C12H10ClFN2O3S/c1-7-11(4-5-19-16(17)18)20-12(15-7)9-3-2-8(13)6-10(9)14/h2-3,6H,4-5H2,1H3. The number of thiazole rings is 1. The maximum Gasteiger partial charge on any atom is 0.294 e. The van der Waals surface area contributed by atoms with Gasteiger partial charge in [-0.3, -0.25) is 0 Å². The average molecular weight is 317 g/mol. The van der Waals surface area contributed by atoms with E-state index in [1.54, 1.807) is 19.1 Å². The van der Waals surface area contributed by atoms with Gasteiger partial charge in [0.2, 0.25) is 0 Å². The summed E-state index contributed by atoms with van der Waals surface area (Å²) < 4.78 is 13.8. The third-order valence-electron chi connectivity index (χ3n) is 2.58. The molecule has 0 fully saturated rings. The maximum atomic E-state index is 13.8. The first-order valence-electron chi connectivity index (χ1n) is 5.66. The van der Waals surface area contributed by atoms with Gasteiger partial charge in [-0.1, -0.05) is 11.6 Å². The van der Waals surface area contributed by atoms with Crippen molar-refractivity contribution < 1.29 is 14.3 Å². The summed E-state index contributed by atoms with van der Waals surface area (Å²) in [6, 6.07) is 4.38. The van der Waals surface area contributed by atoms with Crippen LogP contribution < -0.4 is 0 Å². The lowest BCUT2D eigenvalue weighted by Crippen LogP contribution is -2.04. The highest BCUT2D eigenvalue weighted by Gasteiger charge is 2.13. The zero-order valence-electron chi connectivity index (χ0n) is 10.4. The number of hydrogen-bond acceptors (Lipinski definition) is 5. The molecule has 0 aliphatic carbocycles. The summed E-state index contributed by atoms with van der Waals surface area (Å²) in [5, 5.41) is 10.1. The second kappa shape index (κ2) is 6.15. The number of halogens is 2. The summed E-state index contributed by atoms with van der Waals surface area (Å²) in [4.78, 5) is 19.5. The number of rotatable bonds is 5. The number of hydrogen-bond donors (Lipinski definition) is 0. The van der Waals surface area contributed by atoms with Crippen molar-refractivity contribution in [3.05, 3.63) is 49.7 Å². The Morgan fingerprint density at radius 2 is 2.30 bits per heavy atom. The molecule has 0 amide bonds. The van der Waals surface area contributed by atoms with Crippen molar-refractivity contribution in [1.29, 1.82) is 0 Å². The molecule has 0 bridgehead atoms. The quantitative estimate of drug-likeness (QED) is 0.623. The van der Waals surface area contributed by atoms with Gasteiger partial charge in [-0.15, -0.1) is 21.5 Å². The second-order valence-electron chi connectivity index (χ2n) is 3.96. The van der Waals surface area contributed by atoms with Crippen molar-refractivity contribution in [3.8, 4) is 10.6 Å². The molecule has 1 aromatic heterocycles. The Balaban J connectivity index is 2.20. The number of aryl methyl sites for hydroxylation is 1. The minimum atomic E-state index is -0.837. The summed E-state index contributed by atoms with van der Waals surface area (Å²) in [5.41, 5.74) is 1.08. The number of aromatic nitrogens is 1. The van der Waals surface area contributed by atoms with E-state index in [1.807, 2.05) is 0 Å². The molecule has 20 heavy (non-hydrogen) atoms. The van der Waals surface area contributed by atoms with Crippen LogP contribution in [0.25, 0.3) is 10.6 Å². The fourth-order valence-corrected chi connectivity index (χ4v) is 2.88. The van der Waals surface area contributed by atoms with Gasteiger partial charge in [0.1, 0.15) is 17.4 Å². The van der Waals surface area contributed by atoms with Crippen LogP contribution in [0.3, 0.4) is 0 Å². The first-order valence-corrected chi connectivity index (χ1v) is 6.86. The van der Waals surface area contributed by atoms with Gasteiger partial charge in [0, 0.05) is 21.9 Å². The first-order chi connectivity index (χ1) is 9.47. The molecule has 8 heteroatoms. The van der Waals surface area contributed by atoms with E-state index in [0.717, 1.165) is 4.88 Å². The molecule has 1 aromatic carbocycles. The lowest BCUT2D eigenvalue weighted by atomic mass is 10.2. The molecule has 0 aliphatic rings. The van der Waals surface area contributed by atoms with Crippen molar-refractivity contribution in [2.45, 2.75) is 13.3 Å². The smallest absolute Gasteiger partial charge is 0.294 e. The van der Waals surface area contributed by atoms with E-state index in [1.165, 1.54) is 17.4 Å². The molecule has 106 valence electrons. The Kier molecular flexibility index (Phi) is 4.51. The van der Waals surface area contributed by atoms with Crippen LogP contribution in [0.2, 0.25) is 5.02 Å². The van der Waals surface area contributed by atoms with Gasteiger partial charge in [-0.05, 0) is 25.1 Å². The SMILES string of the molecule is Cc1nc(-c2ccc(Cl)cc2F)sc1CCO[N+](=O)[O-]. The fourth-order valence-electron chi connectivity index (χ4n) is 1.65. The highest BCUT2D eigenvalue weighted by Crippen LogP contribution is 2.31. The van der Waals surface area contributed by atoms with Crippen LogP contribution in [0.1, 0.15) is 10.6 Å². The predicted molar refractivity (Wildman–Crippen MR) is 73.9 cm³/mol. The minimum Gasteiger partial charge on any atom is -0.314 e. The molecule has 0 spiro atoms. The van der Waals surface area contributed by atoms with Crippen LogP contribution >= 0.6 is 22.9 Å². The molecule has 0 radical (unpaired) electrons. The van der Waals surface area contributed by atoms with E-state index in [2.05, 4.69) is 9.82 Å². The Hall–Kier alpha value is -1.73.